The highest BCUT2D eigenvalue weighted by Crippen LogP contribution is 2.21. The molecule has 0 aliphatic carbocycles. The molecule has 1 heterocycles. The average Bonchev–Trinajstić information content (AvgIpc) is 2.53. The topological polar surface area (TPSA) is 49.8 Å². The molecule has 0 radical (unpaired) electrons. The van der Waals surface area contributed by atoms with E-state index in [0.29, 0.717) is 17.2 Å². The van der Waals surface area contributed by atoms with Crippen molar-refractivity contribution < 1.29 is 8.78 Å². The van der Waals surface area contributed by atoms with Crippen molar-refractivity contribution in [1.82, 2.24) is 9.97 Å². The molecule has 0 spiro atoms. The van der Waals surface area contributed by atoms with Gasteiger partial charge in [-0.25, -0.2) is 13.8 Å². The summed E-state index contributed by atoms with van der Waals surface area (Å²) in [6.45, 7) is 0. The van der Waals surface area contributed by atoms with Gasteiger partial charge in [0, 0.05) is 15.5 Å². The van der Waals surface area contributed by atoms with Crippen molar-refractivity contribution in [1.29, 1.82) is 0 Å². The quantitative estimate of drug-likeness (QED) is 0.589. The van der Waals surface area contributed by atoms with E-state index in [2.05, 4.69) is 20.6 Å². The first kappa shape index (κ1) is 15.6. The third-order valence-corrected chi connectivity index (χ3v) is 3.62. The third kappa shape index (κ3) is 4.13. The van der Waals surface area contributed by atoms with Crippen LogP contribution in [0.5, 0.6) is 0 Å². The van der Waals surface area contributed by atoms with Gasteiger partial charge in [0.1, 0.15) is 17.5 Å². The molecule has 116 valence electrons. The predicted octanol–water partition coefficient (Wildman–Crippen LogP) is 4.85. The van der Waals surface area contributed by atoms with Crippen molar-refractivity contribution in [3.05, 3.63) is 69.9 Å². The minimum atomic E-state index is -0.377. The summed E-state index contributed by atoms with van der Waals surface area (Å²) in [6.07, 6.45) is 1.55. The molecule has 0 bridgehead atoms. The van der Waals surface area contributed by atoms with Crippen LogP contribution in [-0.4, -0.2) is 9.97 Å². The van der Waals surface area contributed by atoms with E-state index in [-0.39, 0.29) is 17.6 Å². The molecule has 3 aromatic rings. The second-order valence-electron chi connectivity index (χ2n) is 4.65. The Kier molecular flexibility index (Phi) is 4.65. The van der Waals surface area contributed by atoms with E-state index in [1.165, 1.54) is 18.2 Å². The highest BCUT2D eigenvalue weighted by molar-refractivity contribution is 14.1. The fraction of sp³-hybridized carbons (Fsp3) is 0. The predicted molar refractivity (Wildman–Crippen MR) is 94.1 cm³/mol. The summed E-state index contributed by atoms with van der Waals surface area (Å²) in [4.78, 5) is 8.32. The minimum Gasteiger partial charge on any atom is -0.340 e. The highest BCUT2D eigenvalue weighted by atomic mass is 127. The standard InChI is InChI=1S/C16H11F2IN4/c17-10-1-4-12(5-2-10)21-15-7-8-20-16(23-15)22-14-6-3-11(19)9-13(14)18/h1-9H,(H2,20,21,22,23). The molecule has 0 aliphatic heterocycles. The van der Waals surface area contributed by atoms with Crippen molar-refractivity contribution in [2.45, 2.75) is 0 Å². The van der Waals surface area contributed by atoms with Gasteiger partial charge in [-0.2, -0.15) is 4.98 Å². The molecule has 0 atom stereocenters. The maximum atomic E-state index is 13.8. The largest absolute Gasteiger partial charge is 0.340 e. The van der Waals surface area contributed by atoms with Gasteiger partial charge in [-0.05, 0) is 71.1 Å². The fourth-order valence-corrected chi connectivity index (χ4v) is 2.33. The number of hydrogen-bond acceptors (Lipinski definition) is 4. The smallest absolute Gasteiger partial charge is 0.229 e. The molecule has 3 rings (SSSR count). The van der Waals surface area contributed by atoms with Gasteiger partial charge < -0.3 is 10.6 Å². The molecule has 1 aromatic heterocycles. The van der Waals surface area contributed by atoms with Crippen molar-refractivity contribution in [3.63, 3.8) is 0 Å². The molecule has 0 amide bonds. The zero-order chi connectivity index (χ0) is 16.2. The minimum absolute atomic E-state index is 0.261. The molecular formula is C16H11F2IN4. The van der Waals surface area contributed by atoms with Gasteiger partial charge in [0.05, 0.1) is 5.69 Å². The van der Waals surface area contributed by atoms with Gasteiger partial charge in [0.15, 0.2) is 0 Å². The summed E-state index contributed by atoms with van der Waals surface area (Å²) < 4.78 is 27.5. The molecule has 7 heteroatoms. The van der Waals surface area contributed by atoms with Crippen molar-refractivity contribution in [3.8, 4) is 0 Å². The van der Waals surface area contributed by atoms with Crippen LogP contribution in [-0.2, 0) is 0 Å². The van der Waals surface area contributed by atoms with E-state index < -0.39 is 0 Å². The van der Waals surface area contributed by atoms with Crippen LogP contribution in [0.4, 0.5) is 31.9 Å². The van der Waals surface area contributed by atoms with Crippen LogP contribution in [0.25, 0.3) is 0 Å². The van der Waals surface area contributed by atoms with Crippen LogP contribution in [0, 0.1) is 15.2 Å². The second kappa shape index (κ2) is 6.86. The molecule has 4 nitrogen and oxygen atoms in total. The van der Waals surface area contributed by atoms with E-state index in [4.69, 9.17) is 0 Å². The third-order valence-electron chi connectivity index (χ3n) is 2.95. The van der Waals surface area contributed by atoms with Crippen molar-refractivity contribution in [2.75, 3.05) is 10.6 Å². The molecule has 0 aliphatic rings. The molecule has 0 fully saturated rings. The Bertz CT molecular complexity index is 825. The molecule has 23 heavy (non-hydrogen) atoms. The van der Waals surface area contributed by atoms with Crippen molar-refractivity contribution >= 4 is 45.7 Å². The van der Waals surface area contributed by atoms with E-state index in [9.17, 15) is 8.78 Å². The van der Waals surface area contributed by atoms with Crippen LogP contribution in [0.2, 0.25) is 0 Å². The molecule has 0 saturated carbocycles. The number of aromatic nitrogens is 2. The zero-order valence-corrected chi connectivity index (χ0v) is 13.9. The monoisotopic (exact) mass is 424 g/mol. The van der Waals surface area contributed by atoms with Gasteiger partial charge in [-0.3, -0.25) is 0 Å². The summed E-state index contributed by atoms with van der Waals surface area (Å²) in [5, 5.41) is 5.86. The number of nitrogens with one attached hydrogen (secondary N) is 2. The SMILES string of the molecule is Fc1ccc(Nc2ccnc(Nc3ccc(I)cc3F)n2)cc1. The Morgan fingerprint density at radius 3 is 2.43 bits per heavy atom. The molecule has 2 aromatic carbocycles. The molecule has 0 unspecified atom stereocenters. The molecule has 0 saturated heterocycles. The van der Waals surface area contributed by atoms with E-state index >= 15 is 0 Å². The number of benzene rings is 2. The van der Waals surface area contributed by atoms with Gasteiger partial charge >= 0.3 is 0 Å². The fourth-order valence-electron chi connectivity index (χ4n) is 1.88. The number of nitrogens with zero attached hydrogens (tertiary/aromatic N) is 2. The van der Waals surface area contributed by atoms with E-state index in [1.54, 1.807) is 36.5 Å². The summed E-state index contributed by atoms with van der Waals surface area (Å²) in [5.41, 5.74) is 0.987. The first-order chi connectivity index (χ1) is 11.1. The number of rotatable bonds is 4. The maximum absolute atomic E-state index is 13.8. The van der Waals surface area contributed by atoms with Crippen LogP contribution < -0.4 is 10.6 Å². The lowest BCUT2D eigenvalue weighted by atomic mass is 10.3. The van der Waals surface area contributed by atoms with Gasteiger partial charge in [-0.15, -0.1) is 0 Å². The Morgan fingerprint density at radius 1 is 0.913 bits per heavy atom. The average molecular weight is 424 g/mol. The van der Waals surface area contributed by atoms with E-state index in [0.717, 1.165) is 3.57 Å². The lowest BCUT2D eigenvalue weighted by Crippen LogP contribution is -2.01. The van der Waals surface area contributed by atoms with Crippen LogP contribution in [0.15, 0.2) is 54.7 Å². The van der Waals surface area contributed by atoms with Gasteiger partial charge in [0.25, 0.3) is 0 Å². The summed E-state index contributed by atoms with van der Waals surface area (Å²) in [7, 11) is 0. The molecular weight excluding hydrogens is 413 g/mol. The normalized spacial score (nSPS) is 10.4. The summed E-state index contributed by atoms with van der Waals surface area (Å²) in [6, 6.07) is 12.4. The van der Waals surface area contributed by atoms with Crippen LogP contribution in [0.1, 0.15) is 0 Å². The van der Waals surface area contributed by atoms with Crippen molar-refractivity contribution in [2.24, 2.45) is 0 Å². The lowest BCUT2D eigenvalue weighted by Gasteiger charge is -2.09. The lowest BCUT2D eigenvalue weighted by molar-refractivity contribution is 0.628. The Morgan fingerprint density at radius 2 is 1.70 bits per heavy atom. The second-order valence-corrected chi connectivity index (χ2v) is 5.89. The Labute approximate surface area is 145 Å². The van der Waals surface area contributed by atoms with Crippen LogP contribution in [0.3, 0.4) is 0 Å². The summed E-state index contributed by atoms with van der Waals surface area (Å²) in [5.74, 6) is 0.0874. The first-order valence-corrected chi connectivity index (χ1v) is 7.76. The maximum Gasteiger partial charge on any atom is 0.229 e. The van der Waals surface area contributed by atoms with Gasteiger partial charge in [0.2, 0.25) is 5.95 Å². The summed E-state index contributed by atoms with van der Waals surface area (Å²) >= 11 is 2.04. The number of anilines is 4. The van der Waals surface area contributed by atoms with Crippen LogP contribution >= 0.6 is 22.6 Å². The van der Waals surface area contributed by atoms with E-state index in [1.807, 2.05) is 22.6 Å². The number of halogens is 3. The zero-order valence-electron chi connectivity index (χ0n) is 11.7. The number of hydrogen-bond donors (Lipinski definition) is 2. The Balaban J connectivity index is 1.78. The Hall–Kier alpha value is -2.29. The molecule has 2 N–H and O–H groups in total. The first-order valence-electron chi connectivity index (χ1n) is 6.68. The highest BCUT2D eigenvalue weighted by Gasteiger charge is 2.06. The van der Waals surface area contributed by atoms with Gasteiger partial charge in [-0.1, -0.05) is 0 Å².